The minimum Gasteiger partial charge on any atom is -0.508 e. The highest BCUT2D eigenvalue weighted by Crippen LogP contribution is 2.28. The molecule has 1 aliphatic heterocycles. The predicted molar refractivity (Wildman–Crippen MR) is 123 cm³/mol. The normalized spacial score (nSPS) is 17.0. The zero-order valence-corrected chi connectivity index (χ0v) is 18.8. The third kappa shape index (κ3) is 5.88. The maximum atomic E-state index is 12.6. The van der Waals surface area contributed by atoms with Gasteiger partial charge in [0, 0.05) is 12.0 Å². The topological polar surface area (TPSA) is 212 Å². The van der Waals surface area contributed by atoms with Crippen molar-refractivity contribution in [3.8, 4) is 11.5 Å². The summed E-state index contributed by atoms with van der Waals surface area (Å²) in [5, 5.41) is 42.5. The number of benzene rings is 2. The molecule has 13 heteroatoms. The minimum absolute atomic E-state index is 0.0516. The Labute approximate surface area is 204 Å². The highest BCUT2D eigenvalue weighted by Gasteiger charge is 2.45. The average molecular weight is 500 g/mol. The fourth-order valence-electron chi connectivity index (χ4n) is 3.50. The first-order valence-electron chi connectivity index (χ1n) is 10.7. The van der Waals surface area contributed by atoms with E-state index < -0.39 is 41.9 Å². The molecule has 7 N–H and O–H groups in total. The van der Waals surface area contributed by atoms with Crippen molar-refractivity contribution in [2.45, 2.75) is 24.5 Å². The zero-order valence-electron chi connectivity index (χ0n) is 18.8. The Bertz CT molecular complexity index is 1170. The molecule has 0 saturated carbocycles. The smallest absolute Gasteiger partial charge is 0.331 e. The summed E-state index contributed by atoms with van der Waals surface area (Å²) in [5.41, 5.74) is 5.51. The van der Waals surface area contributed by atoms with E-state index in [1.807, 2.05) is 0 Å². The lowest BCUT2D eigenvalue weighted by Gasteiger charge is -2.42. The van der Waals surface area contributed by atoms with Gasteiger partial charge in [-0.15, -0.1) is 0 Å². The molecule has 13 nitrogen and oxygen atoms in total. The van der Waals surface area contributed by atoms with Crippen molar-refractivity contribution in [3.63, 3.8) is 0 Å². The molecule has 0 bridgehead atoms. The van der Waals surface area contributed by atoms with Gasteiger partial charge < -0.3 is 41.2 Å². The number of nitrogens with two attached hydrogens (primary N) is 1. The SMILES string of the molecule is N[C@@H](CCOc1ccc(C(=NO)C(=O)N[C@@H]2CN([C@@H](C(=O)O)c3ccc(O)cc3)C2=O)cc1)C(=O)O. The second kappa shape index (κ2) is 11.2. The van der Waals surface area contributed by atoms with Crippen molar-refractivity contribution >= 4 is 29.5 Å². The van der Waals surface area contributed by atoms with Gasteiger partial charge >= 0.3 is 11.9 Å². The molecule has 1 fully saturated rings. The van der Waals surface area contributed by atoms with Gasteiger partial charge in [0.15, 0.2) is 11.8 Å². The number of amides is 2. The fourth-order valence-corrected chi connectivity index (χ4v) is 3.50. The molecule has 0 unspecified atom stereocenters. The van der Waals surface area contributed by atoms with Gasteiger partial charge in [-0.1, -0.05) is 17.3 Å². The molecule has 2 aromatic carbocycles. The number of aliphatic carboxylic acids is 2. The van der Waals surface area contributed by atoms with Gasteiger partial charge in [0.05, 0.1) is 13.2 Å². The van der Waals surface area contributed by atoms with Crippen LogP contribution in [0.5, 0.6) is 11.5 Å². The molecule has 1 aliphatic rings. The Morgan fingerprint density at radius 3 is 2.25 bits per heavy atom. The van der Waals surface area contributed by atoms with E-state index in [0.717, 1.165) is 4.90 Å². The van der Waals surface area contributed by atoms with Crippen molar-refractivity contribution in [2.24, 2.45) is 10.9 Å². The number of aromatic hydroxyl groups is 1. The summed E-state index contributed by atoms with van der Waals surface area (Å²) in [6, 6.07) is 7.83. The number of carbonyl (C=O) groups is 4. The molecule has 0 aromatic heterocycles. The number of hydrogen-bond donors (Lipinski definition) is 6. The van der Waals surface area contributed by atoms with Crippen LogP contribution in [0.3, 0.4) is 0 Å². The highest BCUT2D eigenvalue weighted by atomic mass is 16.5. The van der Waals surface area contributed by atoms with Crippen molar-refractivity contribution < 1.29 is 44.4 Å². The molecule has 1 saturated heterocycles. The van der Waals surface area contributed by atoms with Crippen molar-refractivity contribution in [1.82, 2.24) is 10.2 Å². The summed E-state index contributed by atoms with van der Waals surface area (Å²) >= 11 is 0. The largest absolute Gasteiger partial charge is 0.508 e. The molecule has 36 heavy (non-hydrogen) atoms. The monoisotopic (exact) mass is 500 g/mol. The molecular weight excluding hydrogens is 476 g/mol. The Hall–Kier alpha value is -4.65. The first-order valence-corrected chi connectivity index (χ1v) is 10.7. The first kappa shape index (κ1) is 26.0. The number of ether oxygens (including phenoxy) is 1. The predicted octanol–water partition coefficient (Wildman–Crippen LogP) is -0.0958. The number of hydrogen-bond acceptors (Lipinski definition) is 9. The quantitative estimate of drug-likeness (QED) is 0.104. The molecule has 0 radical (unpaired) electrons. The number of carbonyl (C=O) groups excluding carboxylic acids is 2. The van der Waals surface area contributed by atoms with Gasteiger partial charge in [0.25, 0.3) is 5.91 Å². The third-order valence-electron chi connectivity index (χ3n) is 5.48. The highest BCUT2D eigenvalue weighted by molar-refractivity contribution is 6.45. The second-order valence-electron chi connectivity index (χ2n) is 7.90. The third-order valence-corrected chi connectivity index (χ3v) is 5.48. The number of nitrogens with zero attached hydrogens (tertiary/aromatic N) is 2. The molecule has 2 amide bonds. The van der Waals surface area contributed by atoms with Crippen LogP contribution in [-0.4, -0.2) is 80.1 Å². The van der Waals surface area contributed by atoms with Crippen LogP contribution in [0, 0.1) is 0 Å². The summed E-state index contributed by atoms with van der Waals surface area (Å²) in [6.07, 6.45) is 0.0880. The van der Waals surface area contributed by atoms with Gasteiger partial charge in [-0.05, 0) is 42.0 Å². The van der Waals surface area contributed by atoms with E-state index in [4.69, 9.17) is 15.6 Å². The molecule has 3 rings (SSSR count). The number of nitrogens with one attached hydrogen (secondary N) is 1. The lowest BCUT2D eigenvalue weighted by molar-refractivity contribution is -0.160. The van der Waals surface area contributed by atoms with Crippen LogP contribution in [0.4, 0.5) is 0 Å². The van der Waals surface area contributed by atoms with E-state index in [-0.39, 0.29) is 42.2 Å². The lowest BCUT2D eigenvalue weighted by Crippen LogP contribution is -2.66. The molecule has 2 aromatic rings. The van der Waals surface area contributed by atoms with E-state index in [0.29, 0.717) is 5.75 Å². The van der Waals surface area contributed by atoms with Gasteiger partial charge in [-0.2, -0.15) is 0 Å². The van der Waals surface area contributed by atoms with Crippen molar-refractivity contribution in [1.29, 1.82) is 0 Å². The second-order valence-corrected chi connectivity index (χ2v) is 7.90. The van der Waals surface area contributed by atoms with Gasteiger partial charge in [-0.3, -0.25) is 14.4 Å². The first-order chi connectivity index (χ1) is 17.1. The number of phenolic OH excluding ortho intramolecular Hbond substituents is 1. The maximum absolute atomic E-state index is 12.6. The zero-order chi connectivity index (χ0) is 26.4. The summed E-state index contributed by atoms with van der Waals surface area (Å²) in [5.74, 6) is -3.59. The van der Waals surface area contributed by atoms with Gasteiger partial charge in [0.1, 0.15) is 23.6 Å². The van der Waals surface area contributed by atoms with Crippen LogP contribution in [0.1, 0.15) is 23.6 Å². The van der Waals surface area contributed by atoms with Gasteiger partial charge in [0.2, 0.25) is 5.91 Å². The number of oxime groups is 1. The standard InChI is InChI=1S/C23H24N4O9/c24-16(22(31)32)9-10-36-15-7-3-12(4-8-15)18(26-35)20(29)25-17-11-27(21(17)30)19(23(33)34)13-1-5-14(28)6-2-13/h1-8,16-17,19,28,35H,9-11,24H2,(H,25,29)(H,31,32)(H,33,34)/t16-,17+,19+/m0/s1. The number of phenols is 1. The summed E-state index contributed by atoms with van der Waals surface area (Å²) in [7, 11) is 0. The van der Waals surface area contributed by atoms with Crippen LogP contribution >= 0.6 is 0 Å². The number of carboxylic acid groups (broad SMARTS) is 2. The molecule has 1 heterocycles. The Balaban J connectivity index is 1.59. The molecule has 3 atom stereocenters. The molecular formula is C23H24N4O9. The van der Waals surface area contributed by atoms with Crippen molar-refractivity contribution in [3.05, 3.63) is 59.7 Å². The van der Waals surface area contributed by atoms with Crippen LogP contribution in [-0.2, 0) is 19.2 Å². The number of β-lactam (4-membered cyclic amide) rings is 1. The molecule has 190 valence electrons. The summed E-state index contributed by atoms with van der Waals surface area (Å²) in [4.78, 5) is 48.8. The van der Waals surface area contributed by atoms with E-state index in [1.165, 1.54) is 48.5 Å². The van der Waals surface area contributed by atoms with E-state index in [1.54, 1.807) is 0 Å². The average Bonchev–Trinajstić information content (AvgIpc) is 2.85. The summed E-state index contributed by atoms with van der Waals surface area (Å²) in [6.45, 7) is -0.0393. The van der Waals surface area contributed by atoms with E-state index in [2.05, 4.69) is 10.5 Å². The van der Waals surface area contributed by atoms with Crippen molar-refractivity contribution in [2.75, 3.05) is 13.2 Å². The Morgan fingerprint density at radius 2 is 1.72 bits per heavy atom. The number of carboxylic acids is 2. The van der Waals surface area contributed by atoms with Crippen LogP contribution in [0.25, 0.3) is 0 Å². The number of likely N-dealkylation sites (tertiary alicyclic amines) is 1. The fraction of sp³-hybridized carbons (Fsp3) is 0.261. The van der Waals surface area contributed by atoms with Crippen LogP contribution in [0.2, 0.25) is 0 Å². The van der Waals surface area contributed by atoms with Gasteiger partial charge in [-0.25, -0.2) is 4.79 Å². The Kier molecular flexibility index (Phi) is 8.07. The van der Waals surface area contributed by atoms with Crippen LogP contribution in [0.15, 0.2) is 53.7 Å². The van der Waals surface area contributed by atoms with E-state index >= 15 is 0 Å². The van der Waals surface area contributed by atoms with Crippen LogP contribution < -0.4 is 15.8 Å². The Morgan fingerprint density at radius 1 is 1.08 bits per heavy atom. The summed E-state index contributed by atoms with van der Waals surface area (Å²) < 4.78 is 5.40. The lowest BCUT2D eigenvalue weighted by atomic mass is 9.97. The molecule has 0 spiro atoms. The maximum Gasteiger partial charge on any atom is 0.331 e. The van der Waals surface area contributed by atoms with E-state index in [9.17, 15) is 34.6 Å². The number of rotatable bonds is 11. The minimum atomic E-state index is -1.30. The molecule has 0 aliphatic carbocycles.